The number of aromatic nitrogens is 1. The molecule has 2 rings (SSSR count). The van der Waals surface area contributed by atoms with Gasteiger partial charge in [-0.3, -0.25) is 4.79 Å². The minimum Gasteiger partial charge on any atom is -0.373 e. The van der Waals surface area contributed by atoms with E-state index < -0.39 is 0 Å². The fourth-order valence-corrected chi connectivity index (χ4v) is 2.07. The van der Waals surface area contributed by atoms with Gasteiger partial charge in [-0.05, 0) is 44.7 Å². The molecule has 4 nitrogen and oxygen atoms in total. The first-order valence-electron chi connectivity index (χ1n) is 6.59. The van der Waals surface area contributed by atoms with E-state index in [1.165, 1.54) is 12.8 Å². The normalized spacial score (nSPS) is 14.4. The molecule has 4 heteroatoms. The van der Waals surface area contributed by atoms with Crippen molar-refractivity contribution in [1.82, 2.24) is 9.88 Å². The Morgan fingerprint density at radius 2 is 2.22 bits per heavy atom. The first kappa shape index (κ1) is 12.9. The highest BCUT2D eigenvalue weighted by molar-refractivity contribution is 5.95. The first-order valence-corrected chi connectivity index (χ1v) is 6.59. The molecule has 0 radical (unpaired) electrons. The van der Waals surface area contributed by atoms with Crippen LogP contribution in [0.3, 0.4) is 0 Å². The standard InChI is InChI=1S/C14H21N3O/c1-4-17(9-11-5-6-11)14(18)12-7-10(2)16-13(8-12)15-3/h7-8,11H,4-6,9H2,1-3H3,(H,15,16). The van der Waals surface area contributed by atoms with E-state index in [4.69, 9.17) is 0 Å². The molecule has 0 spiro atoms. The molecule has 18 heavy (non-hydrogen) atoms. The number of aryl methyl sites for hydroxylation is 1. The van der Waals surface area contributed by atoms with Gasteiger partial charge >= 0.3 is 0 Å². The third-order valence-electron chi connectivity index (χ3n) is 3.30. The highest BCUT2D eigenvalue weighted by Gasteiger charge is 2.26. The van der Waals surface area contributed by atoms with Gasteiger partial charge in [-0.2, -0.15) is 0 Å². The molecule has 1 aliphatic rings. The Bertz CT molecular complexity index is 441. The summed E-state index contributed by atoms with van der Waals surface area (Å²) in [7, 11) is 1.82. The quantitative estimate of drug-likeness (QED) is 0.868. The van der Waals surface area contributed by atoms with Gasteiger partial charge in [0.2, 0.25) is 0 Å². The smallest absolute Gasteiger partial charge is 0.254 e. The zero-order chi connectivity index (χ0) is 13.1. The van der Waals surface area contributed by atoms with Crippen molar-refractivity contribution in [1.29, 1.82) is 0 Å². The molecule has 0 aliphatic heterocycles. The molecular formula is C14H21N3O. The number of carbonyl (C=O) groups excluding carboxylic acids is 1. The minimum absolute atomic E-state index is 0.117. The van der Waals surface area contributed by atoms with E-state index in [1.807, 2.05) is 37.9 Å². The number of anilines is 1. The lowest BCUT2D eigenvalue weighted by molar-refractivity contribution is 0.0756. The number of amides is 1. The topological polar surface area (TPSA) is 45.2 Å². The maximum absolute atomic E-state index is 12.4. The lowest BCUT2D eigenvalue weighted by atomic mass is 10.2. The van der Waals surface area contributed by atoms with E-state index >= 15 is 0 Å². The summed E-state index contributed by atoms with van der Waals surface area (Å²) in [5, 5.41) is 2.99. The molecule has 0 saturated heterocycles. The predicted molar refractivity (Wildman–Crippen MR) is 72.8 cm³/mol. The van der Waals surface area contributed by atoms with Crippen molar-refractivity contribution in [3.05, 3.63) is 23.4 Å². The van der Waals surface area contributed by atoms with E-state index in [9.17, 15) is 4.79 Å². The molecule has 1 aromatic rings. The molecule has 1 aromatic heterocycles. The third-order valence-corrected chi connectivity index (χ3v) is 3.30. The van der Waals surface area contributed by atoms with Crippen molar-refractivity contribution in [3.8, 4) is 0 Å². The monoisotopic (exact) mass is 247 g/mol. The van der Waals surface area contributed by atoms with Crippen LogP contribution in [0.1, 0.15) is 35.8 Å². The second kappa shape index (κ2) is 5.38. The number of hydrogen-bond donors (Lipinski definition) is 1. The molecular weight excluding hydrogens is 226 g/mol. The van der Waals surface area contributed by atoms with Crippen LogP contribution >= 0.6 is 0 Å². The fraction of sp³-hybridized carbons (Fsp3) is 0.571. The second-order valence-corrected chi connectivity index (χ2v) is 4.92. The van der Waals surface area contributed by atoms with E-state index in [2.05, 4.69) is 10.3 Å². The van der Waals surface area contributed by atoms with Gasteiger partial charge in [0.25, 0.3) is 5.91 Å². The summed E-state index contributed by atoms with van der Waals surface area (Å²) in [6.07, 6.45) is 2.53. The first-order chi connectivity index (χ1) is 8.63. The van der Waals surface area contributed by atoms with Crippen molar-refractivity contribution in [2.75, 3.05) is 25.5 Å². The van der Waals surface area contributed by atoms with E-state index in [0.717, 1.165) is 36.1 Å². The summed E-state index contributed by atoms with van der Waals surface area (Å²) in [6, 6.07) is 3.68. The zero-order valence-corrected chi connectivity index (χ0v) is 11.4. The molecule has 0 bridgehead atoms. The summed E-state index contributed by atoms with van der Waals surface area (Å²) in [5.41, 5.74) is 1.60. The van der Waals surface area contributed by atoms with Crippen LogP contribution in [-0.2, 0) is 0 Å². The van der Waals surface area contributed by atoms with Gasteiger partial charge in [0, 0.05) is 31.4 Å². The Balaban J connectivity index is 2.17. The van der Waals surface area contributed by atoms with Gasteiger partial charge in [-0.1, -0.05) is 0 Å². The summed E-state index contributed by atoms with van der Waals surface area (Å²) in [6.45, 7) is 5.61. The zero-order valence-electron chi connectivity index (χ0n) is 11.4. The average Bonchev–Trinajstić information content (AvgIpc) is 3.18. The molecule has 98 valence electrons. The maximum atomic E-state index is 12.4. The van der Waals surface area contributed by atoms with Crippen molar-refractivity contribution < 1.29 is 4.79 Å². The molecule has 0 atom stereocenters. The Hall–Kier alpha value is -1.58. The number of nitrogens with zero attached hydrogens (tertiary/aromatic N) is 2. The fourth-order valence-electron chi connectivity index (χ4n) is 2.07. The Morgan fingerprint density at radius 3 is 2.78 bits per heavy atom. The van der Waals surface area contributed by atoms with Crippen molar-refractivity contribution in [2.24, 2.45) is 5.92 Å². The molecule has 1 amide bonds. The SMILES string of the molecule is CCN(CC1CC1)C(=O)c1cc(C)nc(NC)c1. The Morgan fingerprint density at radius 1 is 1.50 bits per heavy atom. The molecule has 1 heterocycles. The van der Waals surface area contributed by atoms with Crippen LogP contribution in [-0.4, -0.2) is 35.9 Å². The number of rotatable bonds is 5. The van der Waals surface area contributed by atoms with Crippen molar-refractivity contribution in [3.63, 3.8) is 0 Å². The van der Waals surface area contributed by atoms with Gasteiger partial charge in [0.15, 0.2) is 0 Å². The van der Waals surface area contributed by atoms with Crippen LogP contribution in [0.4, 0.5) is 5.82 Å². The van der Waals surface area contributed by atoms with Gasteiger partial charge in [-0.25, -0.2) is 4.98 Å². The molecule has 1 N–H and O–H groups in total. The molecule has 0 unspecified atom stereocenters. The number of nitrogens with one attached hydrogen (secondary N) is 1. The van der Waals surface area contributed by atoms with Gasteiger partial charge < -0.3 is 10.2 Å². The van der Waals surface area contributed by atoms with Crippen LogP contribution in [0.15, 0.2) is 12.1 Å². The van der Waals surface area contributed by atoms with Crippen molar-refractivity contribution in [2.45, 2.75) is 26.7 Å². The minimum atomic E-state index is 0.117. The lowest BCUT2D eigenvalue weighted by Gasteiger charge is -2.21. The maximum Gasteiger partial charge on any atom is 0.254 e. The summed E-state index contributed by atoms with van der Waals surface area (Å²) >= 11 is 0. The molecule has 1 saturated carbocycles. The molecule has 0 aromatic carbocycles. The van der Waals surface area contributed by atoms with Crippen LogP contribution in [0.5, 0.6) is 0 Å². The highest BCUT2D eigenvalue weighted by Crippen LogP contribution is 2.30. The Labute approximate surface area is 108 Å². The molecule has 1 aliphatic carbocycles. The predicted octanol–water partition coefficient (Wildman–Crippen LogP) is 2.30. The van der Waals surface area contributed by atoms with Crippen LogP contribution in [0.25, 0.3) is 0 Å². The van der Waals surface area contributed by atoms with Crippen LogP contribution in [0, 0.1) is 12.8 Å². The summed E-state index contributed by atoms with van der Waals surface area (Å²) in [5.74, 6) is 1.59. The van der Waals surface area contributed by atoms with Gasteiger partial charge in [-0.15, -0.1) is 0 Å². The van der Waals surface area contributed by atoms with E-state index in [-0.39, 0.29) is 5.91 Å². The van der Waals surface area contributed by atoms with Gasteiger partial charge in [0.05, 0.1) is 0 Å². The van der Waals surface area contributed by atoms with Crippen LogP contribution < -0.4 is 5.32 Å². The summed E-state index contributed by atoms with van der Waals surface area (Å²) < 4.78 is 0. The number of carbonyl (C=O) groups is 1. The van der Waals surface area contributed by atoms with E-state index in [0.29, 0.717) is 0 Å². The van der Waals surface area contributed by atoms with Crippen LogP contribution in [0.2, 0.25) is 0 Å². The third kappa shape index (κ3) is 3.00. The largest absolute Gasteiger partial charge is 0.373 e. The average molecular weight is 247 g/mol. The number of hydrogen-bond acceptors (Lipinski definition) is 3. The van der Waals surface area contributed by atoms with Crippen molar-refractivity contribution >= 4 is 11.7 Å². The molecule has 1 fully saturated rings. The summed E-state index contributed by atoms with van der Waals surface area (Å²) in [4.78, 5) is 18.7. The second-order valence-electron chi connectivity index (χ2n) is 4.92. The lowest BCUT2D eigenvalue weighted by Crippen LogP contribution is -2.32. The highest BCUT2D eigenvalue weighted by atomic mass is 16.2. The van der Waals surface area contributed by atoms with Gasteiger partial charge in [0.1, 0.15) is 5.82 Å². The van der Waals surface area contributed by atoms with E-state index in [1.54, 1.807) is 0 Å². The number of pyridine rings is 1. The Kier molecular flexibility index (Phi) is 3.84.